The first kappa shape index (κ1) is 41.0. The summed E-state index contributed by atoms with van der Waals surface area (Å²) in [5.41, 5.74) is 10.5. The van der Waals surface area contributed by atoms with Gasteiger partial charge >= 0.3 is 0 Å². The molecular formula is C55H69ClN2. The normalized spacial score (nSPS) is 22.5. The minimum Gasteiger partial charge on any atom is -0.364 e. The molecule has 0 radical (unpaired) electrons. The second-order valence-electron chi connectivity index (χ2n) is 18.8. The van der Waals surface area contributed by atoms with Gasteiger partial charge in [-0.3, -0.25) is 0 Å². The Morgan fingerprint density at radius 3 is 1.90 bits per heavy atom. The number of rotatable bonds is 9. The van der Waals surface area contributed by atoms with Crippen molar-refractivity contribution in [1.82, 2.24) is 0 Å². The number of allylic oxidation sites excluding steroid dienone is 7. The predicted octanol–water partition coefficient (Wildman–Crippen LogP) is 15.9. The first-order valence-electron chi connectivity index (χ1n) is 23.4. The Labute approximate surface area is 356 Å². The zero-order valence-electron chi connectivity index (χ0n) is 36.6. The third-order valence-electron chi connectivity index (χ3n) is 14.6. The zero-order chi connectivity index (χ0) is 40.4. The van der Waals surface area contributed by atoms with Crippen LogP contribution >= 0.6 is 11.6 Å². The molecule has 58 heavy (non-hydrogen) atoms. The van der Waals surface area contributed by atoms with Crippen molar-refractivity contribution in [3.63, 3.8) is 0 Å². The Morgan fingerprint density at radius 1 is 0.655 bits per heavy atom. The molecule has 4 aromatic carbocycles. The summed E-state index contributed by atoms with van der Waals surface area (Å²) in [7, 11) is 0. The lowest BCUT2D eigenvalue weighted by Gasteiger charge is -2.41. The molecule has 2 heterocycles. The number of halogens is 1. The fraction of sp³-hybridized carbons (Fsp3) is 0.491. The number of hydrogen-bond donors (Lipinski definition) is 0. The fourth-order valence-corrected chi connectivity index (χ4v) is 12.0. The van der Waals surface area contributed by atoms with Crippen LogP contribution in [0.2, 0.25) is 0 Å². The van der Waals surface area contributed by atoms with E-state index >= 15 is 0 Å². The molecule has 5 aliphatic rings. The topological polar surface area (TPSA) is 6.48 Å². The van der Waals surface area contributed by atoms with E-state index in [0.29, 0.717) is 17.9 Å². The standard InChI is InChI=1S/C53H63ClN2.C2H6/c1-37(2)29-35-55-45-25-21-39-15-7-9-17-43(39)49(45)52(31-11-5-12-32-52)47(55)27-23-41-19-20-42(51(41)54)24-28-48-53(33-13-6-14-34-53)50-44-18-10-8-16-40(44)22-26-46(50)56(48)36-30-38(3)4;1-2/h7-10,15-18,21-28,37-38,47H,5-6,11-14,19-20,29-36H2,1-4H3;1-2H3/b27-23+,42-24+,48-28+;. The van der Waals surface area contributed by atoms with Gasteiger partial charge in [-0.05, 0) is 125 Å². The van der Waals surface area contributed by atoms with Gasteiger partial charge in [-0.25, -0.2) is 0 Å². The van der Waals surface area contributed by atoms with Crippen molar-refractivity contribution in [2.45, 2.75) is 148 Å². The van der Waals surface area contributed by atoms with E-state index in [2.05, 4.69) is 135 Å². The lowest BCUT2D eigenvalue weighted by molar-refractivity contribution is 0.277. The second-order valence-corrected chi connectivity index (χ2v) is 19.2. The van der Waals surface area contributed by atoms with Crippen molar-refractivity contribution in [3.05, 3.63) is 130 Å². The van der Waals surface area contributed by atoms with Gasteiger partial charge in [-0.1, -0.05) is 171 Å². The minimum absolute atomic E-state index is 0.0649. The summed E-state index contributed by atoms with van der Waals surface area (Å²) in [6.45, 7) is 15.6. The third kappa shape index (κ3) is 7.29. The van der Waals surface area contributed by atoms with E-state index in [1.807, 2.05) is 13.8 Å². The molecule has 0 N–H and O–H groups in total. The van der Waals surface area contributed by atoms with E-state index in [-0.39, 0.29) is 10.8 Å². The molecule has 2 spiro atoms. The van der Waals surface area contributed by atoms with Crippen LogP contribution in [0.3, 0.4) is 0 Å². The lowest BCUT2D eigenvalue weighted by Crippen LogP contribution is -2.45. The summed E-state index contributed by atoms with van der Waals surface area (Å²) in [6, 6.07) is 28.2. The summed E-state index contributed by atoms with van der Waals surface area (Å²) >= 11 is 7.49. The molecule has 0 aromatic heterocycles. The number of benzene rings is 4. The first-order chi connectivity index (χ1) is 28.3. The van der Waals surface area contributed by atoms with Gasteiger partial charge in [0.05, 0.1) is 6.04 Å². The minimum atomic E-state index is 0.0649. The molecule has 1 atom stereocenters. The Balaban J connectivity index is 0.00000231. The maximum Gasteiger partial charge on any atom is 0.0574 e. The van der Waals surface area contributed by atoms with E-state index in [1.165, 1.54) is 127 Å². The van der Waals surface area contributed by atoms with E-state index in [0.717, 1.165) is 31.0 Å². The molecule has 1 unspecified atom stereocenters. The summed E-state index contributed by atoms with van der Waals surface area (Å²) in [4.78, 5) is 5.51. The maximum absolute atomic E-state index is 7.49. The average Bonchev–Trinajstić information content (AvgIpc) is 3.82. The van der Waals surface area contributed by atoms with E-state index < -0.39 is 0 Å². The van der Waals surface area contributed by atoms with Crippen LogP contribution in [-0.4, -0.2) is 19.1 Å². The van der Waals surface area contributed by atoms with Gasteiger partial charge in [-0.2, -0.15) is 0 Å². The Morgan fingerprint density at radius 2 is 1.24 bits per heavy atom. The Hall–Kier alpha value is -3.75. The number of fused-ring (bicyclic) bond motifs is 8. The second kappa shape index (κ2) is 17.5. The van der Waals surface area contributed by atoms with Crippen molar-refractivity contribution in [1.29, 1.82) is 0 Å². The van der Waals surface area contributed by atoms with Crippen molar-refractivity contribution >= 4 is 44.5 Å². The molecule has 2 saturated carbocycles. The molecule has 2 nitrogen and oxygen atoms in total. The monoisotopic (exact) mass is 793 g/mol. The fourth-order valence-electron chi connectivity index (χ4n) is 11.7. The van der Waals surface area contributed by atoms with Crippen LogP contribution in [0.4, 0.5) is 11.4 Å². The molecule has 0 saturated heterocycles. The van der Waals surface area contributed by atoms with Gasteiger partial charge in [0.1, 0.15) is 0 Å². The van der Waals surface area contributed by atoms with Gasteiger partial charge in [0.25, 0.3) is 0 Å². The van der Waals surface area contributed by atoms with Crippen molar-refractivity contribution in [2.75, 3.05) is 22.9 Å². The van der Waals surface area contributed by atoms with Gasteiger partial charge in [0.2, 0.25) is 0 Å². The number of hydrogen-bond acceptors (Lipinski definition) is 2. The molecule has 0 bridgehead atoms. The third-order valence-corrected chi connectivity index (χ3v) is 15.0. The highest BCUT2D eigenvalue weighted by Gasteiger charge is 2.51. The predicted molar refractivity (Wildman–Crippen MR) is 254 cm³/mol. The van der Waals surface area contributed by atoms with Crippen molar-refractivity contribution in [3.8, 4) is 0 Å². The summed E-state index contributed by atoms with van der Waals surface area (Å²) in [5, 5.41) is 6.65. The van der Waals surface area contributed by atoms with Crippen molar-refractivity contribution < 1.29 is 0 Å². The van der Waals surface area contributed by atoms with Crippen LogP contribution < -0.4 is 9.80 Å². The highest BCUT2D eigenvalue weighted by Crippen LogP contribution is 2.58. The quantitative estimate of drug-likeness (QED) is 0.167. The summed E-state index contributed by atoms with van der Waals surface area (Å²) in [6.07, 6.45) is 27.3. The first-order valence-corrected chi connectivity index (χ1v) is 23.8. The van der Waals surface area contributed by atoms with E-state index in [1.54, 1.807) is 11.1 Å². The molecule has 9 rings (SSSR count). The van der Waals surface area contributed by atoms with Crippen LogP contribution in [-0.2, 0) is 10.8 Å². The van der Waals surface area contributed by atoms with Crippen LogP contribution in [0.5, 0.6) is 0 Å². The highest BCUT2D eigenvalue weighted by molar-refractivity contribution is 6.33. The zero-order valence-corrected chi connectivity index (χ0v) is 37.3. The highest BCUT2D eigenvalue weighted by atomic mass is 35.5. The smallest absolute Gasteiger partial charge is 0.0574 e. The van der Waals surface area contributed by atoms with Gasteiger partial charge in [0, 0.05) is 46.0 Å². The van der Waals surface area contributed by atoms with Gasteiger partial charge < -0.3 is 9.80 Å². The van der Waals surface area contributed by atoms with Crippen LogP contribution in [0.1, 0.15) is 143 Å². The lowest BCUT2D eigenvalue weighted by atomic mass is 9.65. The molecule has 2 aliphatic heterocycles. The van der Waals surface area contributed by atoms with E-state index in [4.69, 9.17) is 11.6 Å². The average molecular weight is 794 g/mol. The summed E-state index contributed by atoms with van der Waals surface area (Å²) < 4.78 is 0. The maximum atomic E-state index is 7.49. The largest absolute Gasteiger partial charge is 0.364 e. The number of anilines is 2. The van der Waals surface area contributed by atoms with Crippen LogP contribution in [0, 0.1) is 11.8 Å². The van der Waals surface area contributed by atoms with Crippen molar-refractivity contribution in [2.24, 2.45) is 11.8 Å². The van der Waals surface area contributed by atoms with Crippen LogP contribution in [0.25, 0.3) is 21.5 Å². The Bertz CT molecular complexity index is 2220. The molecule has 0 amide bonds. The molecular weight excluding hydrogens is 724 g/mol. The molecule has 4 aromatic rings. The van der Waals surface area contributed by atoms with Gasteiger partial charge in [0.15, 0.2) is 0 Å². The SMILES string of the molecule is CC.CC(C)CCN1/C(=C/C=C2\CCC(/C=C/C3N(CCC(C)C)c4ccc5ccccc5c4C34CCCCC4)=C2Cl)C2(CCCCC2)c2c1ccc1ccccc21. The molecule has 3 heteroatoms. The van der Waals surface area contributed by atoms with Gasteiger partial charge in [-0.15, -0.1) is 0 Å². The summed E-state index contributed by atoms with van der Waals surface area (Å²) in [5.74, 6) is 1.32. The molecule has 2 fully saturated rings. The Kier molecular flexibility index (Phi) is 12.3. The van der Waals surface area contributed by atoms with Crippen LogP contribution in [0.15, 0.2) is 119 Å². The molecule has 306 valence electrons. The molecule has 3 aliphatic carbocycles. The number of nitrogens with zero attached hydrogens (tertiary/aromatic N) is 2. The van der Waals surface area contributed by atoms with E-state index in [9.17, 15) is 0 Å².